The predicted octanol–water partition coefficient (Wildman–Crippen LogP) is -0.0659. The highest BCUT2D eigenvalue weighted by Crippen LogP contribution is 2.17. The average Bonchev–Trinajstić information content (AvgIpc) is 2.76. The SMILES string of the molecule is CCCN(CC(=O)O)C(=O)C1COCC1NCC. The Kier molecular flexibility index (Phi) is 6.07. The van der Waals surface area contributed by atoms with Crippen LogP contribution in [-0.2, 0) is 14.3 Å². The molecule has 18 heavy (non-hydrogen) atoms. The Hall–Kier alpha value is -1.14. The summed E-state index contributed by atoms with van der Waals surface area (Å²) < 4.78 is 5.32. The summed E-state index contributed by atoms with van der Waals surface area (Å²) in [6.07, 6.45) is 0.748. The molecule has 0 bridgehead atoms. The Morgan fingerprint density at radius 3 is 2.67 bits per heavy atom. The molecule has 1 fully saturated rings. The summed E-state index contributed by atoms with van der Waals surface area (Å²) in [4.78, 5) is 24.5. The average molecular weight is 258 g/mol. The summed E-state index contributed by atoms with van der Waals surface area (Å²) in [6.45, 7) is 5.79. The van der Waals surface area contributed by atoms with E-state index in [2.05, 4.69) is 5.32 Å². The molecule has 0 aromatic rings. The molecule has 104 valence electrons. The van der Waals surface area contributed by atoms with E-state index < -0.39 is 5.97 Å². The number of hydrogen-bond acceptors (Lipinski definition) is 4. The van der Waals surface area contributed by atoms with Crippen molar-refractivity contribution in [1.29, 1.82) is 0 Å². The molecule has 0 aromatic carbocycles. The number of aliphatic carboxylic acids is 1. The maximum Gasteiger partial charge on any atom is 0.323 e. The Labute approximate surface area is 107 Å². The number of rotatable bonds is 7. The Balaban J connectivity index is 2.65. The molecule has 0 aliphatic carbocycles. The Morgan fingerprint density at radius 2 is 2.11 bits per heavy atom. The van der Waals surface area contributed by atoms with E-state index in [9.17, 15) is 9.59 Å². The molecule has 1 heterocycles. The second-order valence-electron chi connectivity index (χ2n) is 4.46. The molecule has 6 heteroatoms. The van der Waals surface area contributed by atoms with Crippen molar-refractivity contribution in [2.75, 3.05) is 32.8 Å². The molecule has 0 spiro atoms. The van der Waals surface area contributed by atoms with Crippen LogP contribution in [0.15, 0.2) is 0 Å². The highest BCUT2D eigenvalue weighted by molar-refractivity contribution is 5.84. The standard InChI is InChI=1S/C12H22N2O4/c1-3-5-14(6-11(15)16)12(17)9-7-18-8-10(9)13-4-2/h9-10,13H,3-8H2,1-2H3,(H,15,16). The van der Waals surface area contributed by atoms with E-state index >= 15 is 0 Å². The molecule has 1 amide bonds. The van der Waals surface area contributed by atoms with E-state index in [4.69, 9.17) is 9.84 Å². The molecule has 0 radical (unpaired) electrons. The van der Waals surface area contributed by atoms with Crippen LogP contribution in [0.4, 0.5) is 0 Å². The highest BCUT2D eigenvalue weighted by atomic mass is 16.5. The maximum absolute atomic E-state index is 12.3. The van der Waals surface area contributed by atoms with Crippen LogP contribution in [0.1, 0.15) is 20.3 Å². The highest BCUT2D eigenvalue weighted by Gasteiger charge is 2.36. The largest absolute Gasteiger partial charge is 0.480 e. The second kappa shape index (κ2) is 7.33. The number of carbonyl (C=O) groups is 2. The molecule has 1 saturated heterocycles. The molecular weight excluding hydrogens is 236 g/mol. The van der Waals surface area contributed by atoms with Gasteiger partial charge >= 0.3 is 5.97 Å². The second-order valence-corrected chi connectivity index (χ2v) is 4.46. The summed E-state index contributed by atoms with van der Waals surface area (Å²) >= 11 is 0. The molecule has 2 unspecified atom stereocenters. The third kappa shape index (κ3) is 3.96. The first kappa shape index (κ1) is 14.9. The van der Waals surface area contributed by atoms with Crippen LogP contribution in [0.3, 0.4) is 0 Å². The first-order chi connectivity index (χ1) is 8.60. The van der Waals surface area contributed by atoms with Gasteiger partial charge in [0.25, 0.3) is 0 Å². The lowest BCUT2D eigenvalue weighted by Crippen LogP contribution is -2.47. The number of amides is 1. The number of hydrogen-bond donors (Lipinski definition) is 2. The van der Waals surface area contributed by atoms with Gasteiger partial charge < -0.3 is 20.1 Å². The van der Waals surface area contributed by atoms with Crippen molar-refractivity contribution < 1.29 is 19.4 Å². The molecular formula is C12H22N2O4. The Bertz CT molecular complexity index is 296. The lowest BCUT2D eigenvalue weighted by molar-refractivity contribution is -0.146. The van der Waals surface area contributed by atoms with E-state index in [-0.39, 0.29) is 24.4 Å². The maximum atomic E-state index is 12.3. The van der Waals surface area contributed by atoms with Crippen molar-refractivity contribution in [3.05, 3.63) is 0 Å². The molecule has 1 aliphatic heterocycles. The number of carbonyl (C=O) groups excluding carboxylic acids is 1. The minimum absolute atomic E-state index is 0.00403. The summed E-state index contributed by atoms with van der Waals surface area (Å²) in [6, 6.07) is -0.00403. The zero-order valence-electron chi connectivity index (χ0n) is 11.0. The van der Waals surface area contributed by atoms with Gasteiger partial charge in [0.05, 0.1) is 19.1 Å². The van der Waals surface area contributed by atoms with Crippen LogP contribution >= 0.6 is 0 Å². The van der Waals surface area contributed by atoms with E-state index in [1.54, 1.807) is 0 Å². The summed E-state index contributed by atoms with van der Waals surface area (Å²) in [5.41, 5.74) is 0. The molecule has 0 aromatic heterocycles. The van der Waals surface area contributed by atoms with Gasteiger partial charge in [0.1, 0.15) is 6.54 Å². The first-order valence-corrected chi connectivity index (χ1v) is 6.41. The minimum Gasteiger partial charge on any atom is -0.480 e. The fraction of sp³-hybridized carbons (Fsp3) is 0.833. The van der Waals surface area contributed by atoms with Crippen molar-refractivity contribution >= 4 is 11.9 Å². The number of carboxylic acid groups (broad SMARTS) is 1. The minimum atomic E-state index is -0.976. The van der Waals surface area contributed by atoms with Gasteiger partial charge in [-0.25, -0.2) is 0 Å². The molecule has 6 nitrogen and oxygen atoms in total. The third-order valence-corrected chi connectivity index (χ3v) is 3.00. The Morgan fingerprint density at radius 1 is 1.39 bits per heavy atom. The predicted molar refractivity (Wildman–Crippen MR) is 66.3 cm³/mol. The summed E-state index contributed by atoms with van der Waals surface area (Å²) in [5, 5.41) is 12.0. The fourth-order valence-corrected chi connectivity index (χ4v) is 2.20. The number of ether oxygens (including phenoxy) is 1. The van der Waals surface area contributed by atoms with Gasteiger partial charge in [-0.3, -0.25) is 9.59 Å². The van der Waals surface area contributed by atoms with Crippen molar-refractivity contribution in [2.45, 2.75) is 26.3 Å². The zero-order valence-corrected chi connectivity index (χ0v) is 11.0. The summed E-state index contributed by atoms with van der Waals surface area (Å²) in [7, 11) is 0. The quantitative estimate of drug-likeness (QED) is 0.668. The van der Waals surface area contributed by atoms with Crippen LogP contribution in [-0.4, -0.2) is 60.8 Å². The lowest BCUT2D eigenvalue weighted by atomic mass is 10.0. The normalized spacial score (nSPS) is 23.0. The third-order valence-electron chi connectivity index (χ3n) is 3.00. The molecule has 2 atom stereocenters. The van der Waals surface area contributed by atoms with E-state index in [0.717, 1.165) is 13.0 Å². The zero-order chi connectivity index (χ0) is 13.5. The van der Waals surface area contributed by atoms with Gasteiger partial charge in [0.15, 0.2) is 0 Å². The summed E-state index contributed by atoms with van der Waals surface area (Å²) in [5.74, 6) is -1.37. The van der Waals surface area contributed by atoms with E-state index in [1.165, 1.54) is 4.90 Å². The van der Waals surface area contributed by atoms with E-state index in [1.807, 2.05) is 13.8 Å². The van der Waals surface area contributed by atoms with Gasteiger partial charge in [-0.15, -0.1) is 0 Å². The fourth-order valence-electron chi connectivity index (χ4n) is 2.20. The lowest BCUT2D eigenvalue weighted by Gasteiger charge is -2.26. The van der Waals surface area contributed by atoms with Crippen LogP contribution in [0.5, 0.6) is 0 Å². The topological polar surface area (TPSA) is 78.9 Å². The van der Waals surface area contributed by atoms with Gasteiger partial charge in [-0.05, 0) is 13.0 Å². The number of likely N-dealkylation sites (N-methyl/N-ethyl adjacent to an activating group) is 1. The number of carboxylic acids is 1. The van der Waals surface area contributed by atoms with Crippen LogP contribution < -0.4 is 5.32 Å². The monoisotopic (exact) mass is 258 g/mol. The van der Waals surface area contributed by atoms with Crippen LogP contribution in [0.2, 0.25) is 0 Å². The van der Waals surface area contributed by atoms with Crippen molar-refractivity contribution in [2.24, 2.45) is 5.92 Å². The van der Waals surface area contributed by atoms with Crippen LogP contribution in [0, 0.1) is 5.92 Å². The molecule has 1 rings (SSSR count). The molecule has 0 saturated carbocycles. The molecule has 1 aliphatic rings. The van der Waals surface area contributed by atoms with Crippen molar-refractivity contribution in [3.8, 4) is 0 Å². The van der Waals surface area contributed by atoms with E-state index in [0.29, 0.717) is 19.8 Å². The smallest absolute Gasteiger partial charge is 0.323 e. The van der Waals surface area contributed by atoms with Crippen LogP contribution in [0.25, 0.3) is 0 Å². The number of nitrogens with one attached hydrogen (secondary N) is 1. The van der Waals surface area contributed by atoms with Crippen molar-refractivity contribution in [1.82, 2.24) is 10.2 Å². The van der Waals surface area contributed by atoms with Crippen molar-refractivity contribution in [3.63, 3.8) is 0 Å². The number of nitrogens with zero attached hydrogens (tertiary/aromatic N) is 1. The van der Waals surface area contributed by atoms with Gasteiger partial charge in [0, 0.05) is 12.6 Å². The first-order valence-electron chi connectivity index (χ1n) is 6.41. The van der Waals surface area contributed by atoms with Gasteiger partial charge in [-0.2, -0.15) is 0 Å². The van der Waals surface area contributed by atoms with Gasteiger partial charge in [0.2, 0.25) is 5.91 Å². The van der Waals surface area contributed by atoms with Gasteiger partial charge in [-0.1, -0.05) is 13.8 Å². The molecule has 2 N–H and O–H groups in total.